The van der Waals surface area contributed by atoms with Crippen LogP contribution in [-0.4, -0.2) is 41.7 Å². The molecule has 0 amide bonds. The molecule has 0 spiro atoms. The predicted molar refractivity (Wildman–Crippen MR) is 84.0 cm³/mol. The minimum atomic E-state index is -4.88. The van der Waals surface area contributed by atoms with Crippen LogP contribution in [0.3, 0.4) is 0 Å². The molecule has 0 saturated carbocycles. The van der Waals surface area contributed by atoms with E-state index in [9.17, 15) is 0 Å². The van der Waals surface area contributed by atoms with E-state index in [1.54, 1.807) is 0 Å². The first-order valence-electron chi connectivity index (χ1n) is 7.85. The summed E-state index contributed by atoms with van der Waals surface area (Å²) in [6.45, 7) is 11.2. The summed E-state index contributed by atoms with van der Waals surface area (Å²) in [5.74, 6) is 0. The summed E-state index contributed by atoms with van der Waals surface area (Å²) in [6.07, 6.45) is 3.78. The van der Waals surface area contributed by atoms with Crippen molar-refractivity contribution in [2.24, 2.45) is 0 Å². The molecule has 0 bridgehead atoms. The van der Waals surface area contributed by atoms with Gasteiger partial charge in [-0.1, -0.05) is 0 Å². The second-order valence-corrected chi connectivity index (χ2v) is 8.57. The van der Waals surface area contributed by atoms with Crippen LogP contribution in [0.2, 0.25) is 0 Å². The molecule has 0 aliphatic carbocycles. The Kier molecular flexibility index (Phi) is 8.58. The zero-order valence-electron chi connectivity index (χ0n) is 13.5. The van der Waals surface area contributed by atoms with Gasteiger partial charge in [0, 0.05) is 0 Å². The Labute approximate surface area is 118 Å². The van der Waals surface area contributed by atoms with E-state index < -0.39 is 7.53 Å². The van der Waals surface area contributed by atoms with Gasteiger partial charge in [-0.25, -0.2) is 0 Å². The zero-order valence-corrected chi connectivity index (χ0v) is 14.4. The van der Waals surface area contributed by atoms with Gasteiger partial charge in [0.15, 0.2) is 0 Å². The molecule has 0 saturated heterocycles. The molecule has 118 valence electrons. The molecule has 0 aliphatic rings. The zero-order chi connectivity index (χ0) is 15.0. The average Bonchev–Trinajstić information content (AvgIpc) is 2.37. The van der Waals surface area contributed by atoms with E-state index in [0.29, 0.717) is 32.6 Å². The van der Waals surface area contributed by atoms with E-state index in [-0.39, 0.29) is 6.16 Å². The molecule has 0 aliphatic heterocycles. The van der Waals surface area contributed by atoms with E-state index in [0.717, 1.165) is 19.3 Å². The minimum absolute atomic E-state index is 0.0644. The van der Waals surface area contributed by atoms with Crippen LogP contribution in [0.25, 0.3) is 0 Å². The second kappa shape index (κ2) is 8.49. The molecule has 2 nitrogen and oxygen atoms in total. The van der Waals surface area contributed by atoms with Gasteiger partial charge in [-0.2, -0.15) is 0 Å². The first-order chi connectivity index (χ1) is 8.90. The Hall–Kier alpha value is 0.210. The quantitative estimate of drug-likeness (QED) is 0.372. The van der Waals surface area contributed by atoms with Crippen LogP contribution in [0.5, 0.6) is 0 Å². The number of rotatable bonds is 11. The second-order valence-electron chi connectivity index (χ2n) is 5.04. The van der Waals surface area contributed by atoms with E-state index in [1.807, 2.05) is 27.7 Å². The van der Waals surface area contributed by atoms with Crippen molar-refractivity contribution in [1.29, 1.82) is 0 Å². The Balaban J connectivity index is 5.08. The molecule has 0 aromatic heterocycles. The Morgan fingerprint density at radius 1 is 0.684 bits per heavy atom. The fourth-order valence-electron chi connectivity index (χ4n) is 2.79. The molecule has 0 N–H and O–H groups in total. The van der Waals surface area contributed by atoms with Crippen LogP contribution in [0.4, 0.5) is 8.39 Å². The van der Waals surface area contributed by atoms with Crippen LogP contribution >= 0.6 is 7.53 Å². The summed E-state index contributed by atoms with van der Waals surface area (Å²) in [5.41, 5.74) is 0. The molecule has 0 fully saturated rings. The number of unbranched alkanes of at least 4 members (excludes halogenated alkanes) is 3. The van der Waals surface area contributed by atoms with Crippen molar-refractivity contribution in [3.05, 3.63) is 0 Å². The van der Waals surface area contributed by atoms with Crippen LogP contribution in [-0.2, 0) is 0 Å². The third kappa shape index (κ3) is 4.61. The molecule has 0 unspecified atom stereocenters. The SMILES string of the molecule is CCCCCCP(F)(F)(N(CC)CC)N(CC)CC. The van der Waals surface area contributed by atoms with Gasteiger partial charge in [-0.05, 0) is 0 Å². The van der Waals surface area contributed by atoms with Crippen LogP contribution in [0.15, 0.2) is 0 Å². The van der Waals surface area contributed by atoms with Crippen LogP contribution in [0, 0.1) is 0 Å². The molecular weight excluding hydrogens is 265 g/mol. The van der Waals surface area contributed by atoms with Gasteiger partial charge in [0.2, 0.25) is 0 Å². The van der Waals surface area contributed by atoms with Gasteiger partial charge < -0.3 is 0 Å². The van der Waals surface area contributed by atoms with E-state index in [1.165, 1.54) is 9.34 Å². The summed E-state index contributed by atoms with van der Waals surface area (Å²) >= 11 is 0. The molecule has 0 aromatic rings. The Morgan fingerprint density at radius 3 is 1.42 bits per heavy atom. The van der Waals surface area contributed by atoms with Gasteiger partial charge in [-0.15, -0.1) is 0 Å². The number of halogens is 2. The Bertz CT molecular complexity index is 226. The van der Waals surface area contributed by atoms with Crippen LogP contribution in [0.1, 0.15) is 60.3 Å². The van der Waals surface area contributed by atoms with Gasteiger partial charge in [0.25, 0.3) is 0 Å². The summed E-state index contributed by atoms with van der Waals surface area (Å²) < 4.78 is 34.0. The first-order valence-corrected chi connectivity index (χ1v) is 9.96. The Morgan fingerprint density at radius 2 is 1.11 bits per heavy atom. The number of hydrogen-bond donors (Lipinski definition) is 0. The fourth-order valence-corrected chi connectivity index (χ4v) is 6.62. The standard InChI is InChI=1S/C14H33F2N2P/c1-6-11-12-13-14-19(15,16,17(7-2)8-3)18(9-4)10-5/h6-14H2,1-5H3. The number of hydrogen-bond acceptors (Lipinski definition) is 2. The van der Waals surface area contributed by atoms with Gasteiger partial charge in [0.05, 0.1) is 0 Å². The van der Waals surface area contributed by atoms with Crippen molar-refractivity contribution in [2.45, 2.75) is 60.3 Å². The van der Waals surface area contributed by atoms with E-state index in [2.05, 4.69) is 6.92 Å². The van der Waals surface area contributed by atoms with Gasteiger partial charge >= 0.3 is 118 Å². The summed E-state index contributed by atoms with van der Waals surface area (Å²) in [4.78, 5) is 0. The van der Waals surface area contributed by atoms with E-state index >= 15 is 8.39 Å². The monoisotopic (exact) mass is 298 g/mol. The van der Waals surface area contributed by atoms with Crippen molar-refractivity contribution >= 4 is 7.53 Å². The predicted octanol–water partition coefficient (Wildman–Crippen LogP) is 5.40. The normalized spacial score (nSPS) is 14.9. The molecular formula is C14H33F2N2P. The molecule has 19 heavy (non-hydrogen) atoms. The van der Waals surface area contributed by atoms with Crippen molar-refractivity contribution in [2.75, 3.05) is 32.3 Å². The molecule has 0 rings (SSSR count). The van der Waals surface area contributed by atoms with Crippen LogP contribution < -0.4 is 0 Å². The third-order valence-electron chi connectivity index (χ3n) is 3.92. The maximum atomic E-state index is 15.6. The van der Waals surface area contributed by atoms with Crippen molar-refractivity contribution in [3.63, 3.8) is 0 Å². The molecule has 0 radical (unpaired) electrons. The topological polar surface area (TPSA) is 6.48 Å². The molecule has 0 aromatic carbocycles. The maximum absolute atomic E-state index is 15.6. The molecule has 0 heterocycles. The van der Waals surface area contributed by atoms with Crippen molar-refractivity contribution in [3.8, 4) is 0 Å². The fraction of sp³-hybridized carbons (Fsp3) is 1.00. The van der Waals surface area contributed by atoms with Gasteiger partial charge in [-0.3, -0.25) is 0 Å². The summed E-state index contributed by atoms with van der Waals surface area (Å²) in [7, 11) is -4.88. The first kappa shape index (κ1) is 19.2. The van der Waals surface area contributed by atoms with Gasteiger partial charge in [0.1, 0.15) is 0 Å². The number of nitrogens with zero attached hydrogens (tertiary/aromatic N) is 2. The third-order valence-corrected chi connectivity index (χ3v) is 8.27. The van der Waals surface area contributed by atoms with E-state index in [4.69, 9.17) is 0 Å². The van der Waals surface area contributed by atoms with Crippen molar-refractivity contribution in [1.82, 2.24) is 9.34 Å². The van der Waals surface area contributed by atoms with Crippen molar-refractivity contribution < 1.29 is 8.39 Å². The average molecular weight is 298 g/mol. The molecule has 5 heteroatoms. The summed E-state index contributed by atoms with van der Waals surface area (Å²) in [5, 5.41) is 0. The summed E-state index contributed by atoms with van der Waals surface area (Å²) in [6, 6.07) is 0. The molecule has 0 atom stereocenters.